The number of hydrogen-bond acceptors (Lipinski definition) is 4. The first-order valence-electron chi connectivity index (χ1n) is 4.20. The zero-order valence-electron chi connectivity index (χ0n) is 9.08. The largest absolute Gasteiger partial charge is 0.480 e. The van der Waals surface area contributed by atoms with Crippen molar-refractivity contribution in [1.82, 2.24) is 0 Å². The maximum Gasteiger partial charge on any atom is 0.368 e. The van der Waals surface area contributed by atoms with Gasteiger partial charge < -0.3 is 9.84 Å². The van der Waals surface area contributed by atoms with E-state index < -0.39 is 21.6 Å². The molecular weight excluding hydrogens is 204 g/mol. The van der Waals surface area contributed by atoms with E-state index in [0.717, 1.165) is 0 Å². The molecule has 0 aliphatic carbocycles. The van der Waals surface area contributed by atoms with Crippen molar-refractivity contribution >= 4 is 23.0 Å². The van der Waals surface area contributed by atoms with E-state index in [4.69, 9.17) is 9.84 Å². The fourth-order valence-electron chi connectivity index (χ4n) is 0.523. The third kappa shape index (κ3) is 5.11. The highest BCUT2D eigenvalue weighted by Crippen LogP contribution is 2.28. The highest BCUT2D eigenvalue weighted by molar-refractivity contribution is 8.15. The Kier molecular flexibility index (Phi) is 4.00. The van der Waals surface area contributed by atoms with E-state index in [-0.39, 0.29) is 0 Å². The van der Waals surface area contributed by atoms with Gasteiger partial charge in [0.05, 0.1) is 0 Å². The first-order chi connectivity index (χ1) is 6.04. The summed E-state index contributed by atoms with van der Waals surface area (Å²) in [6.07, 6.45) is 0. The minimum atomic E-state index is -1.15. The van der Waals surface area contributed by atoms with Crippen molar-refractivity contribution in [2.24, 2.45) is 0 Å². The first kappa shape index (κ1) is 13.3. The number of carbonyl (C=O) groups excluding carboxylic acids is 1. The van der Waals surface area contributed by atoms with Crippen LogP contribution in [-0.4, -0.2) is 26.7 Å². The summed E-state index contributed by atoms with van der Waals surface area (Å²) in [5, 5.41) is 8.19. The number of thioether (sulfide) groups is 1. The number of rotatable bonds is 2. The molecule has 0 aromatic heterocycles. The fourth-order valence-corrected chi connectivity index (χ4v) is 1.32. The van der Waals surface area contributed by atoms with Gasteiger partial charge in [0.2, 0.25) is 0 Å². The highest BCUT2D eigenvalue weighted by Gasteiger charge is 2.33. The number of aliphatic carboxylic acids is 1. The molecule has 0 aliphatic rings. The Bertz CT molecular complexity index is 240. The molecule has 0 bridgehead atoms. The van der Waals surface area contributed by atoms with Gasteiger partial charge in [0.1, 0.15) is 10.3 Å². The average molecular weight is 220 g/mol. The lowest BCUT2D eigenvalue weighted by atomic mass is 10.2. The van der Waals surface area contributed by atoms with Crippen LogP contribution in [0, 0.1) is 0 Å². The summed E-state index contributed by atoms with van der Waals surface area (Å²) in [4.78, 5) is 21.9. The van der Waals surface area contributed by atoms with Crippen molar-refractivity contribution in [1.29, 1.82) is 0 Å². The molecular formula is C9H16O4S. The quantitative estimate of drug-likeness (QED) is 0.724. The van der Waals surface area contributed by atoms with Gasteiger partial charge in [-0.15, -0.1) is 0 Å². The number of hydrogen-bond donors (Lipinski definition) is 1. The van der Waals surface area contributed by atoms with E-state index in [1.807, 2.05) is 0 Å². The van der Waals surface area contributed by atoms with Gasteiger partial charge in [-0.25, -0.2) is 4.79 Å². The van der Waals surface area contributed by atoms with Crippen LogP contribution in [0.1, 0.15) is 34.6 Å². The molecule has 0 saturated carbocycles. The smallest absolute Gasteiger partial charge is 0.368 e. The molecule has 0 fully saturated rings. The summed E-state index contributed by atoms with van der Waals surface area (Å²) in [7, 11) is 0. The van der Waals surface area contributed by atoms with E-state index in [1.54, 1.807) is 20.8 Å². The summed E-state index contributed by atoms with van der Waals surface area (Å²) < 4.78 is 3.83. The molecule has 14 heavy (non-hydrogen) atoms. The van der Waals surface area contributed by atoms with Crippen molar-refractivity contribution in [2.45, 2.75) is 45.0 Å². The summed E-state index contributed by atoms with van der Waals surface area (Å²) in [6.45, 7) is 8.13. The van der Waals surface area contributed by atoms with Crippen molar-refractivity contribution in [3.63, 3.8) is 0 Å². The molecule has 0 aromatic carbocycles. The number of carboxylic acid groups (broad SMARTS) is 1. The topological polar surface area (TPSA) is 63.6 Å². The highest BCUT2D eigenvalue weighted by atomic mass is 32.2. The van der Waals surface area contributed by atoms with Crippen LogP contribution in [0.25, 0.3) is 0 Å². The van der Waals surface area contributed by atoms with Crippen LogP contribution < -0.4 is 0 Å². The molecule has 0 unspecified atom stereocenters. The summed E-state index contributed by atoms with van der Waals surface area (Å²) >= 11 is 0.676. The van der Waals surface area contributed by atoms with Gasteiger partial charge in [-0.2, -0.15) is 0 Å². The predicted octanol–water partition coefficient (Wildman–Crippen LogP) is 2.52. The normalized spacial score (nSPS) is 12.4. The average Bonchev–Trinajstić information content (AvgIpc) is 1.79. The molecule has 0 aromatic rings. The summed E-state index contributed by atoms with van der Waals surface area (Å²) in [5.74, 6) is -1.03. The Morgan fingerprint density at radius 2 is 1.57 bits per heavy atom. The minimum Gasteiger partial charge on any atom is -0.480 e. The number of ether oxygens (including phenoxy) is 1. The standard InChI is InChI=1S/C9H16O4S/c1-8(2,3)13-7(12)14-9(4,5)6(10)11/h1-5H3,(H,10,11). The Morgan fingerprint density at radius 3 is 1.86 bits per heavy atom. The van der Waals surface area contributed by atoms with Gasteiger partial charge in [-0.3, -0.25) is 4.79 Å². The Morgan fingerprint density at radius 1 is 1.14 bits per heavy atom. The molecule has 4 nitrogen and oxygen atoms in total. The Balaban J connectivity index is 4.27. The lowest BCUT2D eigenvalue weighted by Crippen LogP contribution is -2.31. The molecule has 0 aliphatic heterocycles. The van der Waals surface area contributed by atoms with Crippen LogP contribution in [0.15, 0.2) is 0 Å². The van der Waals surface area contributed by atoms with Crippen LogP contribution in [0.4, 0.5) is 4.79 Å². The molecule has 0 spiro atoms. The van der Waals surface area contributed by atoms with Gasteiger partial charge in [0.25, 0.3) is 0 Å². The third-order valence-electron chi connectivity index (χ3n) is 1.24. The second-order valence-corrected chi connectivity index (χ2v) is 5.94. The fraction of sp³-hybridized carbons (Fsp3) is 0.778. The van der Waals surface area contributed by atoms with Gasteiger partial charge >= 0.3 is 11.3 Å². The van der Waals surface area contributed by atoms with Crippen LogP contribution in [0.2, 0.25) is 0 Å². The number of carboxylic acids is 1. The zero-order chi connectivity index (χ0) is 11.6. The van der Waals surface area contributed by atoms with Gasteiger partial charge in [-0.05, 0) is 46.4 Å². The van der Waals surface area contributed by atoms with Crippen molar-refractivity contribution in [3.05, 3.63) is 0 Å². The molecule has 5 heteroatoms. The summed E-state index contributed by atoms with van der Waals surface area (Å²) in [5.41, 5.74) is -0.585. The van der Waals surface area contributed by atoms with Crippen LogP contribution in [0.3, 0.4) is 0 Å². The number of carbonyl (C=O) groups is 2. The third-order valence-corrected chi connectivity index (χ3v) is 2.18. The molecule has 0 radical (unpaired) electrons. The zero-order valence-corrected chi connectivity index (χ0v) is 9.90. The summed E-state index contributed by atoms with van der Waals surface area (Å²) in [6, 6.07) is 0. The second kappa shape index (κ2) is 4.21. The molecule has 0 atom stereocenters. The van der Waals surface area contributed by atoms with E-state index in [2.05, 4.69) is 0 Å². The predicted molar refractivity (Wildman–Crippen MR) is 55.5 cm³/mol. The van der Waals surface area contributed by atoms with E-state index in [1.165, 1.54) is 13.8 Å². The van der Waals surface area contributed by atoms with E-state index >= 15 is 0 Å². The lowest BCUT2D eigenvalue weighted by molar-refractivity contribution is -0.138. The monoisotopic (exact) mass is 220 g/mol. The maximum absolute atomic E-state index is 11.3. The molecule has 0 rings (SSSR count). The molecule has 0 saturated heterocycles. The second-order valence-electron chi connectivity index (χ2n) is 4.38. The molecule has 0 heterocycles. The SMILES string of the molecule is CC(C)(C)OC(=O)SC(C)(C)C(=O)O. The lowest BCUT2D eigenvalue weighted by Gasteiger charge is -2.22. The molecule has 82 valence electrons. The van der Waals surface area contributed by atoms with Crippen molar-refractivity contribution in [3.8, 4) is 0 Å². The van der Waals surface area contributed by atoms with Gasteiger partial charge in [0.15, 0.2) is 0 Å². The Hall–Kier alpha value is -0.710. The maximum atomic E-state index is 11.3. The molecule has 1 N–H and O–H groups in total. The first-order valence-corrected chi connectivity index (χ1v) is 5.01. The van der Waals surface area contributed by atoms with E-state index in [9.17, 15) is 9.59 Å². The Labute approximate surface area is 88.0 Å². The van der Waals surface area contributed by atoms with Gasteiger partial charge in [0, 0.05) is 0 Å². The van der Waals surface area contributed by atoms with Crippen LogP contribution in [0.5, 0.6) is 0 Å². The van der Waals surface area contributed by atoms with Crippen LogP contribution in [-0.2, 0) is 9.53 Å². The van der Waals surface area contributed by atoms with E-state index in [0.29, 0.717) is 11.8 Å². The van der Waals surface area contributed by atoms with Crippen molar-refractivity contribution < 1.29 is 19.4 Å². The van der Waals surface area contributed by atoms with Gasteiger partial charge in [-0.1, -0.05) is 0 Å². The van der Waals surface area contributed by atoms with Crippen LogP contribution >= 0.6 is 11.8 Å². The minimum absolute atomic E-state index is 0.565. The van der Waals surface area contributed by atoms with Crippen molar-refractivity contribution in [2.75, 3.05) is 0 Å². The molecule has 0 amide bonds.